The predicted octanol–water partition coefficient (Wildman–Crippen LogP) is 3.95. The molecular formula is C18H17N3O. The molecule has 0 aliphatic carbocycles. The van der Waals surface area contributed by atoms with Gasteiger partial charge in [-0.1, -0.05) is 24.3 Å². The average Bonchev–Trinajstić information content (AvgIpc) is 2.85. The van der Waals surface area contributed by atoms with Gasteiger partial charge < -0.3 is 5.11 Å². The smallest absolute Gasteiger partial charge is 0.124 e. The predicted molar refractivity (Wildman–Crippen MR) is 88.4 cm³/mol. The van der Waals surface area contributed by atoms with Crippen molar-refractivity contribution in [3.05, 3.63) is 71.5 Å². The summed E-state index contributed by atoms with van der Waals surface area (Å²) in [6, 6.07) is 17.0. The minimum atomic E-state index is 0.217. The van der Waals surface area contributed by atoms with Crippen LogP contribution in [0.5, 0.6) is 5.75 Å². The van der Waals surface area contributed by atoms with Gasteiger partial charge in [0.1, 0.15) is 5.75 Å². The molecule has 22 heavy (non-hydrogen) atoms. The first-order chi connectivity index (χ1) is 10.6. The highest BCUT2D eigenvalue weighted by molar-refractivity contribution is 5.86. The first-order valence-electron chi connectivity index (χ1n) is 7.10. The number of rotatable bonds is 3. The summed E-state index contributed by atoms with van der Waals surface area (Å²) in [5, 5.41) is 14.3. The molecule has 0 saturated carbocycles. The van der Waals surface area contributed by atoms with Crippen molar-refractivity contribution in [3.63, 3.8) is 0 Å². The molecule has 2 aromatic carbocycles. The molecule has 1 N–H and O–H groups in total. The zero-order chi connectivity index (χ0) is 15.5. The van der Waals surface area contributed by atoms with Crippen molar-refractivity contribution in [1.82, 2.24) is 9.78 Å². The number of para-hydroxylation sites is 3. The number of benzene rings is 2. The van der Waals surface area contributed by atoms with Gasteiger partial charge in [0.15, 0.2) is 0 Å². The van der Waals surface area contributed by atoms with Crippen LogP contribution in [0, 0.1) is 13.8 Å². The second-order valence-corrected chi connectivity index (χ2v) is 5.14. The van der Waals surface area contributed by atoms with Crippen molar-refractivity contribution >= 4 is 11.9 Å². The third-order valence-electron chi connectivity index (χ3n) is 3.40. The van der Waals surface area contributed by atoms with Crippen molar-refractivity contribution in [2.45, 2.75) is 13.8 Å². The Morgan fingerprint density at radius 3 is 2.50 bits per heavy atom. The van der Waals surface area contributed by atoms with E-state index in [-0.39, 0.29) is 5.75 Å². The Hall–Kier alpha value is -2.88. The normalized spacial score (nSPS) is 11.2. The Morgan fingerprint density at radius 1 is 1.05 bits per heavy atom. The lowest BCUT2D eigenvalue weighted by molar-refractivity contribution is 0.474. The van der Waals surface area contributed by atoms with Crippen LogP contribution in [0.3, 0.4) is 0 Å². The van der Waals surface area contributed by atoms with Crippen LogP contribution in [0.2, 0.25) is 0 Å². The van der Waals surface area contributed by atoms with Crippen molar-refractivity contribution in [2.75, 3.05) is 0 Å². The highest BCUT2D eigenvalue weighted by Crippen LogP contribution is 2.25. The Balaban J connectivity index is 2.02. The molecule has 0 bridgehead atoms. The Kier molecular flexibility index (Phi) is 3.74. The first-order valence-corrected chi connectivity index (χ1v) is 7.10. The molecule has 1 aromatic heterocycles. The molecule has 0 amide bonds. The maximum absolute atomic E-state index is 9.81. The van der Waals surface area contributed by atoms with Gasteiger partial charge in [0.2, 0.25) is 0 Å². The first kappa shape index (κ1) is 14.1. The summed E-state index contributed by atoms with van der Waals surface area (Å²) in [6.45, 7) is 3.99. The quantitative estimate of drug-likeness (QED) is 0.743. The fourth-order valence-corrected chi connectivity index (χ4v) is 2.36. The zero-order valence-corrected chi connectivity index (χ0v) is 12.6. The van der Waals surface area contributed by atoms with E-state index >= 15 is 0 Å². The molecule has 0 aliphatic heterocycles. The number of aryl methyl sites for hydroxylation is 2. The van der Waals surface area contributed by atoms with Gasteiger partial charge in [-0.3, -0.25) is 4.99 Å². The van der Waals surface area contributed by atoms with E-state index in [4.69, 9.17) is 0 Å². The second kappa shape index (κ2) is 5.85. The van der Waals surface area contributed by atoms with E-state index in [1.54, 1.807) is 18.3 Å². The number of aromatic nitrogens is 2. The van der Waals surface area contributed by atoms with Crippen LogP contribution < -0.4 is 0 Å². The lowest BCUT2D eigenvalue weighted by Gasteiger charge is -2.07. The van der Waals surface area contributed by atoms with E-state index in [0.717, 1.165) is 22.8 Å². The molecule has 1 heterocycles. The lowest BCUT2D eigenvalue weighted by Crippen LogP contribution is -1.99. The van der Waals surface area contributed by atoms with Crippen molar-refractivity contribution in [1.29, 1.82) is 0 Å². The minimum Gasteiger partial charge on any atom is -0.507 e. The second-order valence-electron chi connectivity index (χ2n) is 5.14. The number of phenolic OH excluding ortho intramolecular Hbond substituents is 1. The van der Waals surface area contributed by atoms with Crippen LogP contribution in [0.1, 0.15) is 17.0 Å². The van der Waals surface area contributed by atoms with E-state index in [1.165, 1.54) is 0 Å². The van der Waals surface area contributed by atoms with Crippen LogP contribution in [0.4, 0.5) is 5.69 Å². The molecule has 0 spiro atoms. The fraction of sp³-hybridized carbons (Fsp3) is 0.111. The zero-order valence-electron chi connectivity index (χ0n) is 12.6. The third-order valence-corrected chi connectivity index (χ3v) is 3.40. The molecular weight excluding hydrogens is 274 g/mol. The number of aromatic hydroxyl groups is 1. The summed E-state index contributed by atoms with van der Waals surface area (Å²) in [5.74, 6) is 0.217. The van der Waals surface area contributed by atoms with Gasteiger partial charge in [0.25, 0.3) is 0 Å². The summed E-state index contributed by atoms with van der Waals surface area (Å²) in [4.78, 5) is 4.52. The topological polar surface area (TPSA) is 50.4 Å². The number of nitrogens with zero attached hydrogens (tertiary/aromatic N) is 3. The minimum absolute atomic E-state index is 0.217. The van der Waals surface area contributed by atoms with E-state index in [0.29, 0.717) is 5.56 Å². The van der Waals surface area contributed by atoms with Crippen LogP contribution in [-0.2, 0) is 0 Å². The SMILES string of the molecule is Cc1cc(C)n(-c2ccccc2N=Cc2ccccc2O)n1. The molecule has 0 atom stereocenters. The number of aliphatic imine (C=N–C) groups is 1. The molecule has 3 rings (SSSR count). The van der Waals surface area contributed by atoms with E-state index < -0.39 is 0 Å². The summed E-state index contributed by atoms with van der Waals surface area (Å²) in [5.41, 5.74) is 4.43. The van der Waals surface area contributed by atoms with E-state index in [1.807, 2.05) is 61.0 Å². The highest BCUT2D eigenvalue weighted by Gasteiger charge is 2.07. The van der Waals surface area contributed by atoms with Crippen LogP contribution in [0.25, 0.3) is 5.69 Å². The lowest BCUT2D eigenvalue weighted by atomic mass is 10.2. The van der Waals surface area contributed by atoms with Gasteiger partial charge in [-0.15, -0.1) is 0 Å². The van der Waals surface area contributed by atoms with Gasteiger partial charge in [-0.05, 0) is 44.2 Å². The van der Waals surface area contributed by atoms with Crippen LogP contribution >= 0.6 is 0 Å². The van der Waals surface area contributed by atoms with E-state index in [2.05, 4.69) is 10.1 Å². The third kappa shape index (κ3) is 2.76. The monoisotopic (exact) mass is 291 g/mol. The Bertz CT molecular complexity index is 834. The number of hydrogen-bond donors (Lipinski definition) is 1. The molecule has 0 radical (unpaired) electrons. The Labute approximate surface area is 129 Å². The standard InChI is InChI=1S/C18H17N3O/c1-13-11-14(2)21(20-13)17-9-5-4-8-16(17)19-12-15-7-3-6-10-18(15)22/h3-12,22H,1-2H3. The van der Waals surface area contributed by atoms with Gasteiger partial charge in [0.05, 0.1) is 17.1 Å². The summed E-state index contributed by atoms with van der Waals surface area (Å²) >= 11 is 0. The molecule has 3 aromatic rings. The average molecular weight is 291 g/mol. The highest BCUT2D eigenvalue weighted by atomic mass is 16.3. The van der Waals surface area contributed by atoms with Gasteiger partial charge in [0, 0.05) is 17.5 Å². The summed E-state index contributed by atoms with van der Waals surface area (Å²) in [7, 11) is 0. The Morgan fingerprint density at radius 2 is 1.77 bits per heavy atom. The summed E-state index contributed by atoms with van der Waals surface area (Å²) < 4.78 is 1.88. The van der Waals surface area contributed by atoms with Gasteiger partial charge in [-0.2, -0.15) is 5.10 Å². The van der Waals surface area contributed by atoms with E-state index in [9.17, 15) is 5.11 Å². The largest absolute Gasteiger partial charge is 0.507 e. The molecule has 4 nitrogen and oxygen atoms in total. The molecule has 0 unspecified atom stereocenters. The van der Waals surface area contributed by atoms with Crippen molar-refractivity contribution < 1.29 is 5.11 Å². The number of hydrogen-bond acceptors (Lipinski definition) is 3. The molecule has 0 aliphatic rings. The maximum Gasteiger partial charge on any atom is 0.124 e. The molecule has 0 saturated heterocycles. The molecule has 110 valence electrons. The van der Waals surface area contributed by atoms with Gasteiger partial charge >= 0.3 is 0 Å². The maximum atomic E-state index is 9.81. The molecule has 0 fully saturated rings. The number of phenols is 1. The van der Waals surface area contributed by atoms with Crippen LogP contribution in [0.15, 0.2) is 59.6 Å². The van der Waals surface area contributed by atoms with Crippen molar-refractivity contribution in [2.24, 2.45) is 4.99 Å². The van der Waals surface area contributed by atoms with Crippen LogP contribution in [-0.4, -0.2) is 21.1 Å². The van der Waals surface area contributed by atoms with Gasteiger partial charge in [-0.25, -0.2) is 4.68 Å². The molecule has 4 heteroatoms. The summed E-state index contributed by atoms with van der Waals surface area (Å²) in [6.07, 6.45) is 1.67. The fourth-order valence-electron chi connectivity index (χ4n) is 2.36. The van der Waals surface area contributed by atoms with Crippen molar-refractivity contribution in [3.8, 4) is 11.4 Å².